The Labute approximate surface area is 90.3 Å². The molecule has 0 atom stereocenters. The van der Waals surface area contributed by atoms with Crippen molar-refractivity contribution in [3.05, 3.63) is 23.7 Å². The number of hydrogen-bond acceptors (Lipinski definition) is 4. The second-order valence-corrected chi connectivity index (χ2v) is 3.32. The van der Waals surface area contributed by atoms with E-state index < -0.39 is 0 Å². The van der Waals surface area contributed by atoms with E-state index in [0.717, 1.165) is 17.9 Å². The van der Waals surface area contributed by atoms with Gasteiger partial charge in [0.05, 0.1) is 13.2 Å². The molecule has 4 nitrogen and oxygen atoms in total. The fraction of sp³-hybridized carbons (Fsp3) is 0.636. The molecule has 4 heteroatoms. The number of ether oxygens (including phenoxy) is 2. The molecule has 0 aliphatic carbocycles. The van der Waals surface area contributed by atoms with Gasteiger partial charge in [-0.05, 0) is 32.0 Å². The van der Waals surface area contributed by atoms with Gasteiger partial charge in [-0.15, -0.1) is 0 Å². The Morgan fingerprint density at radius 3 is 2.67 bits per heavy atom. The monoisotopic (exact) mass is 213 g/mol. The van der Waals surface area contributed by atoms with Gasteiger partial charge in [0, 0.05) is 6.61 Å². The third kappa shape index (κ3) is 5.57. The fourth-order valence-corrected chi connectivity index (χ4v) is 1.14. The van der Waals surface area contributed by atoms with Gasteiger partial charge in [-0.2, -0.15) is 0 Å². The Morgan fingerprint density at radius 2 is 2.00 bits per heavy atom. The quantitative estimate of drug-likeness (QED) is 0.664. The molecule has 0 spiro atoms. The van der Waals surface area contributed by atoms with Crippen molar-refractivity contribution in [2.24, 2.45) is 5.73 Å². The van der Waals surface area contributed by atoms with Crippen LogP contribution in [0.2, 0.25) is 0 Å². The van der Waals surface area contributed by atoms with Crippen molar-refractivity contribution in [2.45, 2.75) is 20.0 Å². The zero-order chi connectivity index (χ0) is 10.9. The summed E-state index contributed by atoms with van der Waals surface area (Å²) >= 11 is 0. The van der Waals surface area contributed by atoms with Crippen LogP contribution in [0.3, 0.4) is 0 Å². The average molecular weight is 213 g/mol. The van der Waals surface area contributed by atoms with Crippen LogP contribution in [0.15, 0.2) is 16.5 Å². The highest BCUT2D eigenvalue weighted by Gasteiger charge is 1.97. The van der Waals surface area contributed by atoms with Gasteiger partial charge < -0.3 is 19.6 Å². The lowest BCUT2D eigenvalue weighted by atomic mass is 10.4. The summed E-state index contributed by atoms with van der Waals surface area (Å²) in [5, 5.41) is 0. The van der Waals surface area contributed by atoms with E-state index in [4.69, 9.17) is 19.6 Å². The van der Waals surface area contributed by atoms with E-state index in [1.54, 1.807) is 0 Å². The lowest BCUT2D eigenvalue weighted by Gasteiger charge is -2.03. The number of aryl methyl sites for hydroxylation is 1. The maximum Gasteiger partial charge on any atom is 0.129 e. The largest absolute Gasteiger partial charge is 0.464 e. The SMILES string of the molecule is Cc1ccc(COCCOCCCN)o1. The number of hydrogen-bond donors (Lipinski definition) is 1. The Morgan fingerprint density at radius 1 is 1.20 bits per heavy atom. The minimum absolute atomic E-state index is 0.508. The van der Waals surface area contributed by atoms with E-state index in [1.165, 1.54) is 0 Å². The summed E-state index contributed by atoms with van der Waals surface area (Å²) in [6, 6.07) is 3.85. The zero-order valence-electron chi connectivity index (χ0n) is 9.20. The third-order valence-electron chi connectivity index (χ3n) is 1.91. The first kappa shape index (κ1) is 12.2. The summed E-state index contributed by atoms with van der Waals surface area (Å²) < 4.78 is 16.0. The molecule has 0 saturated heterocycles. The topological polar surface area (TPSA) is 57.6 Å². The summed E-state index contributed by atoms with van der Waals surface area (Å²) in [7, 11) is 0. The molecule has 0 aliphatic rings. The second-order valence-electron chi connectivity index (χ2n) is 3.32. The van der Waals surface area contributed by atoms with Crippen LogP contribution in [0.25, 0.3) is 0 Å². The Kier molecular flexibility index (Phi) is 6.08. The molecule has 15 heavy (non-hydrogen) atoms. The first-order valence-electron chi connectivity index (χ1n) is 5.24. The highest BCUT2D eigenvalue weighted by atomic mass is 16.5. The standard InChI is InChI=1S/C11H19NO3/c1-10-3-4-11(15-10)9-14-8-7-13-6-2-5-12/h3-4H,2,5-9,12H2,1H3. The predicted octanol–water partition coefficient (Wildman–Crippen LogP) is 1.47. The Balaban J connectivity index is 1.93. The van der Waals surface area contributed by atoms with Crippen LogP contribution in [0.4, 0.5) is 0 Å². The maximum atomic E-state index is 5.36. The second kappa shape index (κ2) is 7.45. The molecule has 0 aromatic carbocycles. The molecule has 1 rings (SSSR count). The molecular weight excluding hydrogens is 194 g/mol. The molecular formula is C11H19NO3. The van der Waals surface area contributed by atoms with E-state index in [-0.39, 0.29) is 0 Å². The first-order chi connectivity index (χ1) is 7.33. The molecule has 0 bridgehead atoms. The first-order valence-corrected chi connectivity index (χ1v) is 5.24. The van der Waals surface area contributed by atoms with Gasteiger partial charge in [0.15, 0.2) is 0 Å². The van der Waals surface area contributed by atoms with Crippen LogP contribution in [0, 0.1) is 6.92 Å². The number of furan rings is 1. The summed E-state index contributed by atoms with van der Waals surface area (Å²) in [5.41, 5.74) is 5.32. The maximum absolute atomic E-state index is 5.36. The molecule has 86 valence electrons. The van der Waals surface area contributed by atoms with Crippen molar-refractivity contribution in [1.82, 2.24) is 0 Å². The van der Waals surface area contributed by atoms with Crippen molar-refractivity contribution in [2.75, 3.05) is 26.4 Å². The predicted molar refractivity (Wildman–Crippen MR) is 57.6 cm³/mol. The van der Waals surface area contributed by atoms with Crippen molar-refractivity contribution in [1.29, 1.82) is 0 Å². The lowest BCUT2D eigenvalue weighted by Crippen LogP contribution is -2.08. The summed E-state index contributed by atoms with van der Waals surface area (Å²) in [4.78, 5) is 0. The fourth-order valence-electron chi connectivity index (χ4n) is 1.14. The molecule has 2 N–H and O–H groups in total. The van der Waals surface area contributed by atoms with Crippen LogP contribution in [0.1, 0.15) is 17.9 Å². The zero-order valence-corrected chi connectivity index (χ0v) is 9.20. The van der Waals surface area contributed by atoms with E-state index in [2.05, 4.69) is 0 Å². The summed E-state index contributed by atoms with van der Waals surface area (Å²) in [6.07, 6.45) is 0.900. The molecule has 1 aromatic heterocycles. The van der Waals surface area contributed by atoms with Gasteiger partial charge >= 0.3 is 0 Å². The van der Waals surface area contributed by atoms with Gasteiger partial charge in [0.2, 0.25) is 0 Å². The van der Waals surface area contributed by atoms with Gasteiger partial charge in [-0.1, -0.05) is 0 Å². The van der Waals surface area contributed by atoms with Crippen LogP contribution < -0.4 is 5.73 Å². The van der Waals surface area contributed by atoms with Crippen molar-refractivity contribution in [3.8, 4) is 0 Å². The van der Waals surface area contributed by atoms with E-state index >= 15 is 0 Å². The molecule has 0 unspecified atom stereocenters. The van der Waals surface area contributed by atoms with Gasteiger partial charge in [0.1, 0.15) is 18.1 Å². The molecule has 1 aromatic rings. The molecule has 0 fully saturated rings. The van der Waals surface area contributed by atoms with Crippen LogP contribution in [-0.4, -0.2) is 26.4 Å². The lowest BCUT2D eigenvalue weighted by molar-refractivity contribution is 0.0343. The highest BCUT2D eigenvalue weighted by molar-refractivity contribution is 5.04. The van der Waals surface area contributed by atoms with Crippen molar-refractivity contribution < 1.29 is 13.9 Å². The van der Waals surface area contributed by atoms with Gasteiger partial charge in [0.25, 0.3) is 0 Å². The Hall–Kier alpha value is -0.840. The van der Waals surface area contributed by atoms with Gasteiger partial charge in [-0.25, -0.2) is 0 Å². The smallest absolute Gasteiger partial charge is 0.129 e. The van der Waals surface area contributed by atoms with Gasteiger partial charge in [-0.3, -0.25) is 0 Å². The Bertz CT molecular complexity index is 260. The van der Waals surface area contributed by atoms with Crippen LogP contribution in [0.5, 0.6) is 0 Å². The summed E-state index contributed by atoms with van der Waals surface area (Å²) in [6.45, 7) is 5.00. The molecule has 0 radical (unpaired) electrons. The highest BCUT2D eigenvalue weighted by Crippen LogP contribution is 2.06. The third-order valence-corrected chi connectivity index (χ3v) is 1.91. The minimum atomic E-state index is 0.508. The van der Waals surface area contributed by atoms with E-state index in [0.29, 0.717) is 33.0 Å². The van der Waals surface area contributed by atoms with Crippen molar-refractivity contribution >= 4 is 0 Å². The summed E-state index contributed by atoms with van der Waals surface area (Å²) in [5.74, 6) is 1.77. The van der Waals surface area contributed by atoms with Crippen molar-refractivity contribution in [3.63, 3.8) is 0 Å². The average Bonchev–Trinajstić information content (AvgIpc) is 2.63. The number of rotatable bonds is 8. The van der Waals surface area contributed by atoms with E-state index in [1.807, 2.05) is 19.1 Å². The number of nitrogens with two attached hydrogens (primary N) is 1. The molecule has 0 amide bonds. The normalized spacial score (nSPS) is 10.8. The molecule has 0 aliphatic heterocycles. The van der Waals surface area contributed by atoms with Crippen LogP contribution in [-0.2, 0) is 16.1 Å². The molecule has 1 heterocycles. The van der Waals surface area contributed by atoms with Crippen LogP contribution >= 0.6 is 0 Å². The van der Waals surface area contributed by atoms with E-state index in [9.17, 15) is 0 Å². The minimum Gasteiger partial charge on any atom is -0.464 e. The molecule has 0 saturated carbocycles.